The van der Waals surface area contributed by atoms with Gasteiger partial charge in [-0.3, -0.25) is 10.1 Å². The Morgan fingerprint density at radius 2 is 1.59 bits per heavy atom. The van der Waals surface area contributed by atoms with Crippen LogP contribution in [0, 0.1) is 0 Å². The van der Waals surface area contributed by atoms with Crippen LogP contribution in [0.1, 0.15) is 23.2 Å². The standard InChI is InChI=1S/C22H24N4O7S/c1-30-17-12-15(13-18(31-2)19(17)32-3)21-24-25-22(33-21)23-20(27)14-6-8-16(9-7-14)34(28,29)26-10-4-5-11-26/h6-9,12-13H,4-5,10-11H2,1-3H3,(H,23,25,27). The number of anilines is 1. The molecule has 0 bridgehead atoms. The predicted octanol–water partition coefficient (Wildman–Crippen LogP) is 2.80. The highest BCUT2D eigenvalue weighted by Crippen LogP contribution is 2.41. The van der Waals surface area contributed by atoms with Crippen LogP contribution in [0.15, 0.2) is 45.7 Å². The lowest BCUT2D eigenvalue weighted by atomic mass is 10.2. The van der Waals surface area contributed by atoms with Gasteiger partial charge in [0.05, 0.1) is 26.2 Å². The summed E-state index contributed by atoms with van der Waals surface area (Å²) in [4.78, 5) is 12.8. The number of ether oxygens (including phenoxy) is 3. The summed E-state index contributed by atoms with van der Waals surface area (Å²) in [7, 11) is 0.919. The third kappa shape index (κ3) is 4.54. The molecule has 0 radical (unpaired) electrons. The predicted molar refractivity (Wildman–Crippen MR) is 122 cm³/mol. The molecule has 0 unspecified atom stereocenters. The molecular formula is C22H24N4O7S. The van der Waals surface area contributed by atoms with Crippen LogP contribution in [0.25, 0.3) is 11.5 Å². The van der Waals surface area contributed by atoms with Crippen LogP contribution in [-0.2, 0) is 10.0 Å². The molecule has 1 N–H and O–H groups in total. The van der Waals surface area contributed by atoms with E-state index in [1.54, 1.807) is 12.1 Å². The molecule has 1 saturated heterocycles. The summed E-state index contributed by atoms with van der Waals surface area (Å²) < 4.78 is 48.3. The highest BCUT2D eigenvalue weighted by atomic mass is 32.2. The van der Waals surface area contributed by atoms with Crippen molar-refractivity contribution >= 4 is 21.9 Å². The van der Waals surface area contributed by atoms with Crippen molar-refractivity contribution in [2.75, 3.05) is 39.7 Å². The lowest BCUT2D eigenvalue weighted by Gasteiger charge is -2.15. The number of amides is 1. The van der Waals surface area contributed by atoms with Crippen molar-refractivity contribution in [3.63, 3.8) is 0 Å². The van der Waals surface area contributed by atoms with Crippen molar-refractivity contribution in [3.8, 4) is 28.7 Å². The second-order valence-electron chi connectivity index (χ2n) is 7.42. The maximum atomic E-state index is 12.6. The Balaban J connectivity index is 1.50. The Bertz CT molecular complexity index is 1260. The number of sulfonamides is 1. The van der Waals surface area contributed by atoms with Gasteiger partial charge in [-0.2, -0.15) is 4.31 Å². The van der Waals surface area contributed by atoms with E-state index in [0.29, 0.717) is 35.9 Å². The molecule has 0 spiro atoms. The molecule has 1 amide bonds. The molecule has 3 aromatic rings. The quantitative estimate of drug-likeness (QED) is 0.508. The Morgan fingerprint density at radius 3 is 2.15 bits per heavy atom. The molecule has 0 atom stereocenters. The van der Waals surface area contributed by atoms with Crippen molar-refractivity contribution in [3.05, 3.63) is 42.0 Å². The lowest BCUT2D eigenvalue weighted by Crippen LogP contribution is -2.27. The summed E-state index contributed by atoms with van der Waals surface area (Å²) >= 11 is 0. The number of aromatic nitrogens is 2. The van der Waals surface area contributed by atoms with Gasteiger partial charge in [-0.05, 0) is 49.2 Å². The number of methoxy groups -OCH3 is 3. The van der Waals surface area contributed by atoms with Gasteiger partial charge in [0.1, 0.15) is 0 Å². The lowest BCUT2D eigenvalue weighted by molar-refractivity contribution is 0.102. The monoisotopic (exact) mass is 488 g/mol. The van der Waals surface area contributed by atoms with Crippen LogP contribution < -0.4 is 19.5 Å². The van der Waals surface area contributed by atoms with E-state index in [9.17, 15) is 13.2 Å². The van der Waals surface area contributed by atoms with E-state index in [1.165, 1.54) is 49.9 Å². The number of nitrogens with zero attached hydrogens (tertiary/aromatic N) is 3. The van der Waals surface area contributed by atoms with Crippen molar-refractivity contribution in [1.29, 1.82) is 0 Å². The Labute approximate surface area is 196 Å². The largest absolute Gasteiger partial charge is 0.493 e. The van der Waals surface area contributed by atoms with Gasteiger partial charge < -0.3 is 18.6 Å². The van der Waals surface area contributed by atoms with Gasteiger partial charge in [0, 0.05) is 24.2 Å². The third-order valence-corrected chi connectivity index (χ3v) is 7.29. The van der Waals surface area contributed by atoms with Gasteiger partial charge >= 0.3 is 6.01 Å². The number of rotatable bonds is 8. The number of hydrogen-bond acceptors (Lipinski definition) is 9. The third-order valence-electron chi connectivity index (χ3n) is 5.38. The Kier molecular flexibility index (Phi) is 6.70. The maximum absolute atomic E-state index is 12.6. The van der Waals surface area contributed by atoms with E-state index < -0.39 is 15.9 Å². The van der Waals surface area contributed by atoms with E-state index in [-0.39, 0.29) is 22.4 Å². The second kappa shape index (κ2) is 9.69. The number of carbonyl (C=O) groups is 1. The first-order chi connectivity index (χ1) is 16.4. The van der Waals surface area contributed by atoms with Crippen LogP contribution >= 0.6 is 0 Å². The van der Waals surface area contributed by atoms with Crippen molar-refractivity contribution in [1.82, 2.24) is 14.5 Å². The van der Waals surface area contributed by atoms with Crippen molar-refractivity contribution < 1.29 is 31.8 Å². The zero-order valence-electron chi connectivity index (χ0n) is 18.9. The van der Waals surface area contributed by atoms with E-state index in [2.05, 4.69) is 15.5 Å². The molecule has 11 nitrogen and oxygen atoms in total. The molecule has 2 heterocycles. The first kappa shape index (κ1) is 23.5. The summed E-state index contributed by atoms with van der Waals surface area (Å²) in [5.41, 5.74) is 0.742. The molecule has 2 aromatic carbocycles. The van der Waals surface area contributed by atoms with Gasteiger partial charge in [0.25, 0.3) is 5.91 Å². The molecule has 0 aliphatic carbocycles. The summed E-state index contributed by atoms with van der Waals surface area (Å²) in [6, 6.07) is 8.86. The summed E-state index contributed by atoms with van der Waals surface area (Å²) in [5.74, 6) is 0.832. The first-order valence-corrected chi connectivity index (χ1v) is 11.9. The Morgan fingerprint density at radius 1 is 0.971 bits per heavy atom. The van der Waals surface area contributed by atoms with E-state index in [4.69, 9.17) is 18.6 Å². The number of hydrogen-bond donors (Lipinski definition) is 1. The fraction of sp³-hybridized carbons (Fsp3) is 0.318. The summed E-state index contributed by atoms with van der Waals surface area (Å²) in [6.07, 6.45) is 1.70. The minimum Gasteiger partial charge on any atom is -0.493 e. The highest BCUT2D eigenvalue weighted by molar-refractivity contribution is 7.89. The molecule has 1 fully saturated rings. The molecule has 12 heteroatoms. The van der Waals surface area contributed by atoms with Crippen molar-refractivity contribution in [2.24, 2.45) is 0 Å². The van der Waals surface area contributed by atoms with E-state index >= 15 is 0 Å². The molecule has 0 saturated carbocycles. The van der Waals surface area contributed by atoms with Crippen LogP contribution in [-0.4, -0.2) is 63.2 Å². The van der Waals surface area contributed by atoms with Crippen LogP contribution in [0.4, 0.5) is 6.01 Å². The fourth-order valence-electron chi connectivity index (χ4n) is 3.62. The van der Waals surface area contributed by atoms with Gasteiger partial charge in [0.2, 0.25) is 21.7 Å². The molecule has 1 aromatic heterocycles. The average Bonchev–Trinajstić information content (AvgIpc) is 3.56. The molecule has 1 aliphatic heterocycles. The normalized spacial score (nSPS) is 14.1. The SMILES string of the molecule is COc1cc(-c2nnc(NC(=O)c3ccc(S(=O)(=O)N4CCCC4)cc3)o2)cc(OC)c1OC. The first-order valence-electron chi connectivity index (χ1n) is 10.4. The number of nitrogens with one attached hydrogen (secondary N) is 1. The zero-order chi connectivity index (χ0) is 24.3. The molecule has 34 heavy (non-hydrogen) atoms. The number of carbonyl (C=O) groups excluding carboxylic acids is 1. The van der Waals surface area contributed by atoms with Gasteiger partial charge in [-0.25, -0.2) is 8.42 Å². The van der Waals surface area contributed by atoms with E-state index in [1.807, 2.05) is 0 Å². The fourth-order valence-corrected chi connectivity index (χ4v) is 5.14. The minimum absolute atomic E-state index is 0.123. The van der Waals surface area contributed by atoms with Crippen LogP contribution in [0.2, 0.25) is 0 Å². The van der Waals surface area contributed by atoms with Crippen molar-refractivity contribution in [2.45, 2.75) is 17.7 Å². The molecule has 1 aliphatic rings. The zero-order valence-corrected chi connectivity index (χ0v) is 19.7. The molecule has 4 rings (SSSR count). The average molecular weight is 489 g/mol. The van der Waals surface area contributed by atoms with Crippen LogP contribution in [0.3, 0.4) is 0 Å². The van der Waals surface area contributed by atoms with Gasteiger partial charge in [0.15, 0.2) is 11.5 Å². The summed E-state index contributed by atoms with van der Waals surface area (Å²) in [5, 5.41) is 10.3. The molecular weight excluding hydrogens is 464 g/mol. The highest BCUT2D eigenvalue weighted by Gasteiger charge is 2.27. The minimum atomic E-state index is -3.55. The van der Waals surface area contributed by atoms with Crippen LogP contribution in [0.5, 0.6) is 17.2 Å². The summed E-state index contributed by atoms with van der Waals surface area (Å²) in [6.45, 7) is 1.02. The second-order valence-corrected chi connectivity index (χ2v) is 9.35. The van der Waals surface area contributed by atoms with Gasteiger partial charge in [-0.15, -0.1) is 5.10 Å². The molecule has 180 valence electrons. The maximum Gasteiger partial charge on any atom is 0.322 e. The van der Waals surface area contributed by atoms with E-state index in [0.717, 1.165) is 12.8 Å². The van der Waals surface area contributed by atoms with Gasteiger partial charge in [-0.1, -0.05) is 5.10 Å². The Hall–Kier alpha value is -3.64. The smallest absolute Gasteiger partial charge is 0.322 e. The number of benzene rings is 2. The topological polar surface area (TPSA) is 133 Å².